The molecule has 284 valence electrons. The maximum atomic E-state index is 13.3. The highest BCUT2D eigenvalue weighted by Crippen LogP contribution is 2.37. The number of para-hydroxylation sites is 2. The van der Waals surface area contributed by atoms with E-state index in [0.29, 0.717) is 37.4 Å². The smallest absolute Gasteiger partial charge is 0.417 e. The maximum absolute atomic E-state index is 13.3. The maximum Gasteiger partial charge on any atom is 0.417 e. The summed E-state index contributed by atoms with van der Waals surface area (Å²) in [5.41, 5.74) is 1.69. The molecule has 1 fully saturated rings. The molecular formula is C44H50N2O8. The highest BCUT2D eigenvalue weighted by molar-refractivity contribution is 5.93. The summed E-state index contributed by atoms with van der Waals surface area (Å²) in [5.74, 6) is -0.550. The van der Waals surface area contributed by atoms with Gasteiger partial charge in [0, 0.05) is 26.2 Å². The van der Waals surface area contributed by atoms with E-state index in [1.54, 1.807) is 0 Å². The molecule has 4 aromatic rings. The summed E-state index contributed by atoms with van der Waals surface area (Å²) in [7, 11) is 0. The first-order valence-electron chi connectivity index (χ1n) is 19.0. The van der Waals surface area contributed by atoms with Crippen molar-refractivity contribution in [1.82, 2.24) is 9.80 Å². The van der Waals surface area contributed by atoms with Crippen molar-refractivity contribution in [3.63, 3.8) is 0 Å². The van der Waals surface area contributed by atoms with Crippen LogP contribution in [0.25, 0.3) is 0 Å². The monoisotopic (exact) mass is 734 g/mol. The molecule has 0 bridgehead atoms. The van der Waals surface area contributed by atoms with Gasteiger partial charge in [-0.2, -0.15) is 0 Å². The average molecular weight is 735 g/mol. The molecule has 2 amide bonds. The van der Waals surface area contributed by atoms with Crippen molar-refractivity contribution >= 4 is 24.1 Å². The van der Waals surface area contributed by atoms with E-state index in [2.05, 4.69) is 13.8 Å². The predicted molar refractivity (Wildman–Crippen MR) is 205 cm³/mol. The molecule has 4 aromatic carbocycles. The first-order valence-corrected chi connectivity index (χ1v) is 19.0. The average Bonchev–Trinajstić information content (AvgIpc) is 3.16. The number of carbonyl (C=O) groups is 4. The highest BCUT2D eigenvalue weighted by atomic mass is 16.6. The minimum atomic E-state index is -0.869. The normalized spacial score (nSPS) is 14.6. The van der Waals surface area contributed by atoms with Crippen LogP contribution in [0.5, 0.6) is 23.0 Å². The van der Waals surface area contributed by atoms with E-state index in [-0.39, 0.29) is 13.1 Å². The van der Waals surface area contributed by atoms with Gasteiger partial charge in [-0.3, -0.25) is 9.59 Å². The second kappa shape index (κ2) is 20.6. The number of hydrogen-bond acceptors (Lipinski definition) is 8. The Morgan fingerprint density at radius 2 is 0.852 bits per heavy atom. The van der Waals surface area contributed by atoms with E-state index in [1.165, 1.54) is 9.80 Å². The van der Waals surface area contributed by atoms with Gasteiger partial charge in [-0.1, -0.05) is 100 Å². The summed E-state index contributed by atoms with van der Waals surface area (Å²) in [6, 6.07) is 33.7. The van der Waals surface area contributed by atoms with Crippen LogP contribution in [0, 0.1) is 11.8 Å². The van der Waals surface area contributed by atoms with E-state index in [0.717, 1.165) is 61.2 Å². The van der Waals surface area contributed by atoms with Crippen LogP contribution in [-0.2, 0) is 32.2 Å². The fraction of sp³-hybridized carbons (Fsp3) is 0.364. The molecule has 5 rings (SSSR count). The van der Waals surface area contributed by atoms with Gasteiger partial charge in [0.25, 0.3) is 0 Å². The molecule has 0 saturated heterocycles. The van der Waals surface area contributed by atoms with Gasteiger partial charge >= 0.3 is 24.1 Å². The standard InChI is InChI=1S/C44H50N2O8/c1-3-5-13-29-45(31-33-19-23-37(24-20-33)51-35-15-9-7-10-16-35)43(49)53-41(47)39-27-28-40(39)42(48)54-44(50)46(30-14-6-4-2)32-34-21-25-38(26-22-34)52-36-17-11-8-12-18-36/h7-12,15-26,39-40H,3-6,13-14,27-32H2,1-2H3. The first-order chi connectivity index (χ1) is 26.3. The Kier molecular flexibility index (Phi) is 15.1. The minimum Gasteiger partial charge on any atom is -0.457 e. The van der Waals surface area contributed by atoms with Crippen LogP contribution in [0.1, 0.15) is 76.3 Å². The van der Waals surface area contributed by atoms with Gasteiger partial charge in [-0.15, -0.1) is 0 Å². The Labute approximate surface area is 318 Å². The topological polar surface area (TPSA) is 112 Å². The zero-order chi connectivity index (χ0) is 38.1. The predicted octanol–water partition coefficient (Wildman–Crippen LogP) is 10.3. The van der Waals surface area contributed by atoms with E-state index < -0.39 is 36.0 Å². The van der Waals surface area contributed by atoms with E-state index in [1.807, 2.05) is 109 Å². The fourth-order valence-corrected chi connectivity index (χ4v) is 6.11. The van der Waals surface area contributed by atoms with Crippen LogP contribution in [0.2, 0.25) is 0 Å². The lowest BCUT2D eigenvalue weighted by atomic mass is 9.74. The third-order valence-electron chi connectivity index (χ3n) is 9.39. The number of rotatable bonds is 18. The fourth-order valence-electron chi connectivity index (χ4n) is 6.11. The van der Waals surface area contributed by atoms with Crippen molar-refractivity contribution < 1.29 is 38.1 Å². The Morgan fingerprint density at radius 1 is 0.500 bits per heavy atom. The van der Waals surface area contributed by atoms with Crippen LogP contribution in [0.4, 0.5) is 9.59 Å². The van der Waals surface area contributed by atoms with Crippen LogP contribution in [0.15, 0.2) is 109 Å². The third kappa shape index (κ3) is 11.9. The molecule has 0 heterocycles. The lowest BCUT2D eigenvalue weighted by molar-refractivity contribution is -0.161. The minimum absolute atomic E-state index is 0.239. The van der Waals surface area contributed by atoms with Crippen molar-refractivity contribution in [3.05, 3.63) is 120 Å². The van der Waals surface area contributed by atoms with Gasteiger partial charge in [0.1, 0.15) is 23.0 Å². The number of hydrogen-bond donors (Lipinski definition) is 0. The summed E-state index contributed by atoms with van der Waals surface area (Å²) in [5, 5.41) is 0. The summed E-state index contributed by atoms with van der Waals surface area (Å²) in [6.07, 6.45) is 4.42. The first kappa shape index (κ1) is 39.6. The molecule has 1 saturated carbocycles. The Bertz CT molecular complexity index is 1650. The lowest BCUT2D eigenvalue weighted by Gasteiger charge is -2.33. The van der Waals surface area contributed by atoms with E-state index in [4.69, 9.17) is 18.9 Å². The van der Waals surface area contributed by atoms with Crippen LogP contribution < -0.4 is 9.47 Å². The van der Waals surface area contributed by atoms with Gasteiger partial charge in [-0.05, 0) is 85.3 Å². The van der Waals surface area contributed by atoms with E-state index in [9.17, 15) is 19.2 Å². The molecule has 0 spiro atoms. The second-order valence-corrected chi connectivity index (χ2v) is 13.5. The summed E-state index contributed by atoms with van der Waals surface area (Å²) in [4.78, 5) is 56.1. The number of unbranched alkanes of at least 4 members (excludes halogenated alkanes) is 4. The Hall–Kier alpha value is -5.64. The number of benzene rings is 4. The Balaban J connectivity index is 1.15. The summed E-state index contributed by atoms with van der Waals surface area (Å²) < 4.78 is 22.5. The molecule has 10 heteroatoms. The SMILES string of the molecule is CCCCCN(Cc1ccc(Oc2ccccc2)cc1)C(=O)OC(=O)C1CCC1C(=O)OC(=O)N(CCCCC)Cc1ccc(Oc2ccccc2)cc1. The molecule has 2 unspecified atom stereocenters. The largest absolute Gasteiger partial charge is 0.457 e. The summed E-state index contributed by atoms with van der Waals surface area (Å²) >= 11 is 0. The van der Waals surface area contributed by atoms with Gasteiger partial charge in [0.15, 0.2) is 0 Å². The number of esters is 2. The zero-order valence-corrected chi connectivity index (χ0v) is 31.2. The number of nitrogens with zero attached hydrogens (tertiary/aromatic N) is 2. The molecular weight excluding hydrogens is 684 g/mol. The lowest BCUT2D eigenvalue weighted by Crippen LogP contribution is -2.44. The van der Waals surface area contributed by atoms with Crippen molar-refractivity contribution in [2.24, 2.45) is 11.8 Å². The molecule has 10 nitrogen and oxygen atoms in total. The van der Waals surface area contributed by atoms with Crippen molar-refractivity contribution in [2.75, 3.05) is 13.1 Å². The molecule has 1 aliphatic rings. The number of ether oxygens (including phenoxy) is 4. The van der Waals surface area contributed by atoms with Crippen LogP contribution >= 0.6 is 0 Å². The molecule has 0 aromatic heterocycles. The third-order valence-corrected chi connectivity index (χ3v) is 9.39. The van der Waals surface area contributed by atoms with Crippen molar-refractivity contribution in [1.29, 1.82) is 0 Å². The quantitative estimate of drug-likeness (QED) is 0.0564. The zero-order valence-electron chi connectivity index (χ0n) is 31.2. The number of amides is 2. The van der Waals surface area contributed by atoms with Crippen molar-refractivity contribution in [2.45, 2.75) is 78.3 Å². The van der Waals surface area contributed by atoms with Crippen LogP contribution in [0.3, 0.4) is 0 Å². The molecule has 1 aliphatic carbocycles. The van der Waals surface area contributed by atoms with Gasteiger partial charge in [0.05, 0.1) is 11.8 Å². The second-order valence-electron chi connectivity index (χ2n) is 13.5. The molecule has 0 radical (unpaired) electrons. The molecule has 0 aliphatic heterocycles. The van der Waals surface area contributed by atoms with Crippen LogP contribution in [-0.4, -0.2) is 47.0 Å². The Morgan fingerprint density at radius 3 is 1.19 bits per heavy atom. The summed E-state index contributed by atoms with van der Waals surface area (Å²) in [6.45, 7) is 5.43. The van der Waals surface area contributed by atoms with Gasteiger partial charge < -0.3 is 28.7 Å². The van der Waals surface area contributed by atoms with Gasteiger partial charge in [-0.25, -0.2) is 9.59 Å². The van der Waals surface area contributed by atoms with E-state index >= 15 is 0 Å². The number of carbonyl (C=O) groups excluding carboxylic acids is 4. The van der Waals surface area contributed by atoms with Gasteiger partial charge in [0.2, 0.25) is 0 Å². The molecule has 0 N–H and O–H groups in total. The van der Waals surface area contributed by atoms with Crippen molar-refractivity contribution in [3.8, 4) is 23.0 Å². The molecule has 54 heavy (non-hydrogen) atoms. The highest BCUT2D eigenvalue weighted by Gasteiger charge is 2.45. The molecule has 2 atom stereocenters.